The van der Waals surface area contributed by atoms with Crippen LogP contribution in [0.2, 0.25) is 10.0 Å². The van der Waals surface area contributed by atoms with Crippen LogP contribution in [-0.4, -0.2) is 16.9 Å². The van der Waals surface area contributed by atoms with Crippen molar-refractivity contribution in [3.63, 3.8) is 0 Å². The first-order valence-corrected chi connectivity index (χ1v) is 9.41. The predicted octanol–water partition coefficient (Wildman–Crippen LogP) is 4.35. The van der Waals surface area contributed by atoms with Gasteiger partial charge in [0, 0.05) is 22.0 Å². The van der Waals surface area contributed by atoms with Crippen molar-refractivity contribution in [3.05, 3.63) is 94.0 Å². The Morgan fingerprint density at radius 1 is 1.07 bits per heavy atom. The molecule has 0 spiro atoms. The van der Waals surface area contributed by atoms with E-state index in [-0.39, 0.29) is 17.9 Å². The largest absolute Gasteiger partial charge is 0.347 e. The van der Waals surface area contributed by atoms with Gasteiger partial charge in [0.1, 0.15) is 0 Å². The van der Waals surface area contributed by atoms with E-state index in [1.807, 2.05) is 55.5 Å². The van der Waals surface area contributed by atoms with E-state index in [0.717, 1.165) is 17.5 Å². The summed E-state index contributed by atoms with van der Waals surface area (Å²) in [5.41, 5.74) is 2.60. The maximum absolute atomic E-state index is 12.5. The maximum Gasteiger partial charge on any atom is 0.276 e. The van der Waals surface area contributed by atoms with E-state index in [1.54, 1.807) is 18.6 Å². The summed E-state index contributed by atoms with van der Waals surface area (Å²) in [6.07, 6.45) is 5.56. The highest BCUT2D eigenvalue weighted by Gasteiger charge is 2.23. The number of halogens is 2. The highest BCUT2D eigenvalue weighted by molar-refractivity contribution is 6.30. The van der Waals surface area contributed by atoms with Crippen LogP contribution < -0.4 is 10.3 Å². The zero-order valence-electron chi connectivity index (χ0n) is 14.8. The van der Waals surface area contributed by atoms with Crippen LogP contribution in [0.1, 0.15) is 34.5 Å². The fourth-order valence-electron chi connectivity index (χ4n) is 3.00. The summed E-state index contributed by atoms with van der Waals surface area (Å²) in [7, 11) is 0. The van der Waals surface area contributed by atoms with Crippen LogP contribution in [0.15, 0.2) is 67.1 Å². The molecule has 0 aliphatic rings. The molecule has 0 radical (unpaired) electrons. The number of aromatic nitrogens is 2. The number of hydrogen-bond acceptors (Lipinski definition) is 2. The summed E-state index contributed by atoms with van der Waals surface area (Å²) < 4.78 is 0. The Balaban J connectivity index is 1.82. The van der Waals surface area contributed by atoms with Gasteiger partial charge >= 0.3 is 0 Å². The molecule has 0 bridgehead atoms. The smallest absolute Gasteiger partial charge is 0.276 e. The zero-order chi connectivity index (χ0) is 19.2. The summed E-state index contributed by atoms with van der Waals surface area (Å²) in [6, 6.07) is 15.4. The van der Waals surface area contributed by atoms with E-state index in [2.05, 4.69) is 15.3 Å². The average Bonchev–Trinajstić information content (AvgIpc) is 2.69. The standard InChI is InChI=1S/C21H19Cl2N3O/c1-14(26-21(27)20-13-24-10-11-25-20)19(16-4-8-18(23)9-5-16)12-15-2-6-17(22)7-3-15/h2-11,13-14,19H,12H2,1H3,(H,26,27)/p+1/t14-,19+/m1/s1. The lowest BCUT2D eigenvalue weighted by molar-refractivity contribution is -0.379. The Kier molecular flexibility index (Phi) is 6.43. The number of carbonyl (C=O) groups is 1. The molecule has 0 aliphatic heterocycles. The Labute approximate surface area is 168 Å². The second-order valence-corrected chi connectivity index (χ2v) is 7.26. The van der Waals surface area contributed by atoms with E-state index in [1.165, 1.54) is 0 Å². The molecule has 27 heavy (non-hydrogen) atoms. The van der Waals surface area contributed by atoms with E-state index in [0.29, 0.717) is 15.7 Å². The Hall–Kier alpha value is -2.43. The number of nitrogens with one attached hydrogen (secondary N) is 2. The molecule has 1 aromatic heterocycles. The number of carbonyl (C=O) groups excluding carboxylic acids is 1. The van der Waals surface area contributed by atoms with Crippen LogP contribution in [0, 0.1) is 0 Å². The molecule has 0 unspecified atom stereocenters. The summed E-state index contributed by atoms with van der Waals surface area (Å²) in [4.78, 5) is 19.5. The second-order valence-electron chi connectivity index (χ2n) is 6.39. The third-order valence-corrected chi connectivity index (χ3v) is 4.97. The molecule has 3 rings (SSSR count). The van der Waals surface area contributed by atoms with Crippen molar-refractivity contribution in [1.82, 2.24) is 10.3 Å². The molecule has 1 amide bonds. The van der Waals surface area contributed by atoms with E-state index < -0.39 is 0 Å². The summed E-state index contributed by atoms with van der Waals surface area (Å²) >= 11 is 12.0. The zero-order valence-corrected chi connectivity index (χ0v) is 16.3. The minimum absolute atomic E-state index is 0.0695. The van der Waals surface area contributed by atoms with Crippen LogP contribution in [0.5, 0.6) is 0 Å². The average molecular weight is 401 g/mol. The first-order chi connectivity index (χ1) is 13.0. The van der Waals surface area contributed by atoms with E-state index in [4.69, 9.17) is 23.2 Å². The van der Waals surface area contributed by atoms with Gasteiger partial charge in [-0.1, -0.05) is 47.5 Å². The van der Waals surface area contributed by atoms with E-state index in [9.17, 15) is 4.79 Å². The molecule has 138 valence electrons. The SMILES string of the molecule is C[C@@H](NC(=O)c1c[nH+]ccn1)[C@H](Cc1ccc(Cl)cc1)c1ccc(Cl)cc1. The molecule has 2 atom stereocenters. The summed E-state index contributed by atoms with van der Waals surface area (Å²) in [6.45, 7) is 2.00. The molecule has 4 nitrogen and oxygen atoms in total. The van der Waals surface area contributed by atoms with Gasteiger partial charge in [0.2, 0.25) is 0 Å². The van der Waals surface area contributed by atoms with Gasteiger partial charge in [-0.2, -0.15) is 0 Å². The summed E-state index contributed by atoms with van der Waals surface area (Å²) in [5, 5.41) is 4.45. The number of nitrogens with zero attached hydrogens (tertiary/aromatic N) is 1. The van der Waals surface area contributed by atoms with Gasteiger partial charge in [0.15, 0.2) is 18.1 Å². The van der Waals surface area contributed by atoms with Gasteiger partial charge < -0.3 is 5.32 Å². The number of amides is 1. The third kappa shape index (κ3) is 5.28. The minimum Gasteiger partial charge on any atom is -0.347 e. The lowest BCUT2D eigenvalue weighted by atomic mass is 9.86. The maximum atomic E-state index is 12.5. The monoisotopic (exact) mass is 400 g/mol. The molecule has 3 aromatic rings. The van der Waals surface area contributed by atoms with Crippen LogP contribution in [0.4, 0.5) is 0 Å². The Morgan fingerprint density at radius 3 is 2.30 bits per heavy atom. The fraction of sp³-hybridized carbons (Fsp3) is 0.190. The quantitative estimate of drug-likeness (QED) is 0.668. The van der Waals surface area contributed by atoms with Crippen molar-refractivity contribution in [2.24, 2.45) is 0 Å². The molecule has 2 aromatic carbocycles. The predicted molar refractivity (Wildman–Crippen MR) is 107 cm³/mol. The Morgan fingerprint density at radius 2 is 1.70 bits per heavy atom. The molecule has 2 N–H and O–H groups in total. The number of benzene rings is 2. The van der Waals surface area contributed by atoms with Gasteiger partial charge in [-0.15, -0.1) is 0 Å². The first kappa shape index (κ1) is 19.3. The molecule has 0 saturated heterocycles. The fourth-order valence-corrected chi connectivity index (χ4v) is 3.25. The first-order valence-electron chi connectivity index (χ1n) is 8.66. The topological polar surface area (TPSA) is 56.1 Å². The number of H-pyrrole nitrogens is 1. The van der Waals surface area contributed by atoms with Crippen molar-refractivity contribution >= 4 is 29.1 Å². The molecule has 0 aliphatic carbocycles. The van der Waals surface area contributed by atoms with Crippen molar-refractivity contribution in [2.75, 3.05) is 0 Å². The third-order valence-electron chi connectivity index (χ3n) is 4.47. The minimum atomic E-state index is -0.214. The van der Waals surface area contributed by atoms with Gasteiger partial charge in [-0.25, -0.2) is 9.97 Å². The van der Waals surface area contributed by atoms with Gasteiger partial charge in [0.25, 0.3) is 5.91 Å². The lowest BCUT2D eigenvalue weighted by Gasteiger charge is -2.25. The highest BCUT2D eigenvalue weighted by Crippen LogP contribution is 2.27. The van der Waals surface area contributed by atoms with Crippen LogP contribution in [0.3, 0.4) is 0 Å². The number of rotatable bonds is 6. The van der Waals surface area contributed by atoms with Crippen LogP contribution >= 0.6 is 23.2 Å². The van der Waals surface area contributed by atoms with E-state index >= 15 is 0 Å². The Bertz CT molecular complexity index is 884. The molecule has 6 heteroatoms. The van der Waals surface area contributed by atoms with Crippen molar-refractivity contribution in [2.45, 2.75) is 25.3 Å². The molecular formula is C21H20Cl2N3O+. The summed E-state index contributed by atoms with van der Waals surface area (Å²) in [5.74, 6) is -0.144. The van der Waals surface area contributed by atoms with Gasteiger partial charge in [-0.3, -0.25) is 4.79 Å². The van der Waals surface area contributed by atoms with Gasteiger partial charge in [-0.05, 0) is 48.7 Å². The molecule has 0 fully saturated rings. The second kappa shape index (κ2) is 8.98. The number of aromatic amines is 1. The van der Waals surface area contributed by atoms with Crippen molar-refractivity contribution in [1.29, 1.82) is 0 Å². The highest BCUT2D eigenvalue weighted by atomic mass is 35.5. The van der Waals surface area contributed by atoms with Crippen LogP contribution in [0.25, 0.3) is 0 Å². The van der Waals surface area contributed by atoms with Crippen molar-refractivity contribution < 1.29 is 9.78 Å². The lowest BCUT2D eigenvalue weighted by Crippen LogP contribution is -2.38. The molecular weight excluding hydrogens is 381 g/mol. The number of hydrogen-bond donors (Lipinski definition) is 1. The molecule has 0 saturated carbocycles. The van der Waals surface area contributed by atoms with Crippen molar-refractivity contribution in [3.8, 4) is 0 Å². The van der Waals surface area contributed by atoms with Gasteiger partial charge in [0.05, 0.1) is 6.20 Å². The normalized spacial score (nSPS) is 13.0. The van der Waals surface area contributed by atoms with Crippen LogP contribution in [-0.2, 0) is 6.42 Å². The molecule has 1 heterocycles.